The summed E-state index contributed by atoms with van der Waals surface area (Å²) in [6.07, 6.45) is 9.83. The molecule has 0 bridgehead atoms. The molecular formula is C16H19ClN2. The van der Waals surface area contributed by atoms with Gasteiger partial charge in [0.25, 0.3) is 0 Å². The van der Waals surface area contributed by atoms with Crippen molar-refractivity contribution in [1.29, 1.82) is 0 Å². The topological polar surface area (TPSA) is 24.9 Å². The average Bonchev–Trinajstić information content (AvgIpc) is 2.68. The average molecular weight is 275 g/mol. The second kappa shape index (κ2) is 5.79. The Balaban J connectivity index is 1.89. The highest BCUT2D eigenvalue weighted by atomic mass is 35.5. The van der Waals surface area contributed by atoms with Crippen molar-refractivity contribution in [2.75, 3.05) is 5.32 Å². The molecule has 1 aromatic heterocycles. The molecule has 0 amide bonds. The Morgan fingerprint density at radius 2 is 1.84 bits per heavy atom. The lowest BCUT2D eigenvalue weighted by Crippen LogP contribution is -2.18. The van der Waals surface area contributed by atoms with E-state index in [1.165, 1.54) is 44.2 Å². The van der Waals surface area contributed by atoms with Crippen molar-refractivity contribution in [3.8, 4) is 0 Å². The Labute approximate surface area is 119 Å². The van der Waals surface area contributed by atoms with E-state index in [-0.39, 0.29) is 0 Å². The van der Waals surface area contributed by atoms with Crippen LogP contribution in [0.1, 0.15) is 38.5 Å². The Hall–Kier alpha value is -1.28. The summed E-state index contributed by atoms with van der Waals surface area (Å²) in [7, 11) is 0. The molecule has 3 heteroatoms. The van der Waals surface area contributed by atoms with Crippen molar-refractivity contribution in [3.05, 3.63) is 35.5 Å². The van der Waals surface area contributed by atoms with Crippen molar-refractivity contribution in [2.24, 2.45) is 0 Å². The highest BCUT2D eigenvalue weighted by molar-refractivity contribution is 6.31. The first-order valence-electron chi connectivity index (χ1n) is 7.14. The van der Waals surface area contributed by atoms with Gasteiger partial charge in [-0.25, -0.2) is 0 Å². The van der Waals surface area contributed by atoms with Gasteiger partial charge in [0.15, 0.2) is 0 Å². The normalized spacial score (nSPS) is 17.3. The summed E-state index contributed by atoms with van der Waals surface area (Å²) in [6, 6.07) is 8.53. The lowest BCUT2D eigenvalue weighted by atomic mass is 10.1. The van der Waals surface area contributed by atoms with Gasteiger partial charge in [-0.05, 0) is 37.1 Å². The van der Waals surface area contributed by atoms with Crippen molar-refractivity contribution >= 4 is 28.2 Å². The first-order valence-corrected chi connectivity index (χ1v) is 7.51. The predicted molar refractivity (Wildman–Crippen MR) is 81.9 cm³/mol. The third kappa shape index (κ3) is 3.01. The molecule has 0 spiro atoms. The molecule has 0 atom stereocenters. The van der Waals surface area contributed by atoms with Crippen LogP contribution >= 0.6 is 11.6 Å². The molecule has 0 aliphatic heterocycles. The molecule has 2 aromatic rings. The third-order valence-corrected chi connectivity index (χ3v) is 4.15. The van der Waals surface area contributed by atoms with Gasteiger partial charge >= 0.3 is 0 Å². The van der Waals surface area contributed by atoms with Gasteiger partial charge in [0.2, 0.25) is 0 Å². The van der Waals surface area contributed by atoms with Crippen LogP contribution < -0.4 is 5.32 Å². The Bertz CT molecular complexity index is 560. The second-order valence-electron chi connectivity index (χ2n) is 5.35. The van der Waals surface area contributed by atoms with Crippen LogP contribution in [-0.4, -0.2) is 11.0 Å². The van der Waals surface area contributed by atoms with Gasteiger partial charge in [-0.1, -0.05) is 37.3 Å². The van der Waals surface area contributed by atoms with E-state index in [9.17, 15) is 0 Å². The van der Waals surface area contributed by atoms with E-state index in [2.05, 4.69) is 16.4 Å². The first kappa shape index (κ1) is 12.7. The molecule has 1 aromatic carbocycles. The van der Waals surface area contributed by atoms with E-state index in [1.54, 1.807) is 0 Å². The summed E-state index contributed by atoms with van der Waals surface area (Å²) in [4.78, 5) is 4.40. The second-order valence-corrected chi connectivity index (χ2v) is 5.79. The summed E-state index contributed by atoms with van der Waals surface area (Å²) in [5.74, 6) is 0. The number of benzene rings is 1. The van der Waals surface area contributed by atoms with Crippen LogP contribution in [0.2, 0.25) is 5.02 Å². The highest BCUT2D eigenvalue weighted by Gasteiger charge is 2.13. The fourth-order valence-corrected chi connectivity index (χ4v) is 3.06. The Morgan fingerprint density at radius 3 is 2.63 bits per heavy atom. The third-order valence-electron chi connectivity index (χ3n) is 3.92. The molecule has 19 heavy (non-hydrogen) atoms. The van der Waals surface area contributed by atoms with Crippen LogP contribution in [0.4, 0.5) is 5.69 Å². The van der Waals surface area contributed by atoms with E-state index in [4.69, 9.17) is 11.6 Å². The van der Waals surface area contributed by atoms with Crippen molar-refractivity contribution in [2.45, 2.75) is 44.6 Å². The van der Waals surface area contributed by atoms with Crippen molar-refractivity contribution < 1.29 is 0 Å². The number of hydrogen-bond donors (Lipinski definition) is 1. The number of hydrogen-bond acceptors (Lipinski definition) is 2. The zero-order chi connectivity index (χ0) is 13.1. The number of halogens is 1. The smallest absolute Gasteiger partial charge is 0.0723 e. The SMILES string of the molecule is Clc1ccc2nccc(NC3CCCCCC3)c2c1. The van der Waals surface area contributed by atoms with Gasteiger partial charge in [-0.3, -0.25) is 4.98 Å². The van der Waals surface area contributed by atoms with Crippen molar-refractivity contribution in [3.63, 3.8) is 0 Å². The molecule has 1 N–H and O–H groups in total. The van der Waals surface area contributed by atoms with E-state index in [0.717, 1.165) is 15.9 Å². The fourth-order valence-electron chi connectivity index (χ4n) is 2.89. The van der Waals surface area contributed by atoms with Crippen LogP contribution in [0.3, 0.4) is 0 Å². The molecule has 1 heterocycles. The van der Waals surface area contributed by atoms with Crippen LogP contribution in [0.15, 0.2) is 30.5 Å². The minimum atomic E-state index is 0.590. The standard InChI is InChI=1S/C16H19ClN2/c17-12-7-8-15-14(11-12)16(9-10-18-15)19-13-5-3-1-2-4-6-13/h7-11,13H,1-6H2,(H,18,19). The van der Waals surface area contributed by atoms with Gasteiger partial charge in [-0.2, -0.15) is 0 Å². The van der Waals surface area contributed by atoms with Crippen LogP contribution in [0.25, 0.3) is 10.9 Å². The minimum absolute atomic E-state index is 0.590. The van der Waals surface area contributed by atoms with E-state index in [1.807, 2.05) is 24.4 Å². The molecule has 1 fully saturated rings. The molecule has 1 saturated carbocycles. The number of nitrogens with zero attached hydrogens (tertiary/aromatic N) is 1. The minimum Gasteiger partial charge on any atom is -0.382 e. The monoisotopic (exact) mass is 274 g/mol. The molecule has 1 aliphatic rings. The van der Waals surface area contributed by atoms with E-state index < -0.39 is 0 Å². The first-order chi connectivity index (χ1) is 9.33. The van der Waals surface area contributed by atoms with Gasteiger partial charge in [0, 0.05) is 28.3 Å². The van der Waals surface area contributed by atoms with Gasteiger partial charge in [0.05, 0.1) is 5.52 Å². The fraction of sp³-hybridized carbons (Fsp3) is 0.438. The molecule has 0 radical (unpaired) electrons. The number of anilines is 1. The largest absolute Gasteiger partial charge is 0.382 e. The highest BCUT2D eigenvalue weighted by Crippen LogP contribution is 2.27. The maximum Gasteiger partial charge on any atom is 0.0723 e. The number of pyridine rings is 1. The summed E-state index contributed by atoms with van der Waals surface area (Å²) in [5.41, 5.74) is 2.17. The van der Waals surface area contributed by atoms with Crippen LogP contribution in [0, 0.1) is 0 Å². The predicted octanol–water partition coefficient (Wildman–Crippen LogP) is 5.02. The molecule has 3 rings (SSSR count). The summed E-state index contributed by atoms with van der Waals surface area (Å²) < 4.78 is 0. The zero-order valence-electron chi connectivity index (χ0n) is 11.0. The summed E-state index contributed by atoms with van der Waals surface area (Å²) in [6.45, 7) is 0. The van der Waals surface area contributed by atoms with E-state index in [0.29, 0.717) is 6.04 Å². The van der Waals surface area contributed by atoms with Crippen molar-refractivity contribution in [1.82, 2.24) is 4.98 Å². The lowest BCUT2D eigenvalue weighted by molar-refractivity contribution is 0.620. The molecule has 0 saturated heterocycles. The van der Waals surface area contributed by atoms with Crippen LogP contribution in [0.5, 0.6) is 0 Å². The number of fused-ring (bicyclic) bond motifs is 1. The Morgan fingerprint density at radius 1 is 1.05 bits per heavy atom. The van der Waals surface area contributed by atoms with E-state index >= 15 is 0 Å². The van der Waals surface area contributed by atoms with Gasteiger partial charge < -0.3 is 5.32 Å². The van der Waals surface area contributed by atoms with Crippen LogP contribution in [-0.2, 0) is 0 Å². The molecule has 2 nitrogen and oxygen atoms in total. The number of rotatable bonds is 2. The van der Waals surface area contributed by atoms with Gasteiger partial charge in [0.1, 0.15) is 0 Å². The molecule has 1 aliphatic carbocycles. The number of nitrogens with one attached hydrogen (secondary N) is 1. The molecule has 0 unspecified atom stereocenters. The number of aromatic nitrogens is 1. The maximum absolute atomic E-state index is 6.10. The summed E-state index contributed by atoms with van der Waals surface area (Å²) in [5, 5.41) is 5.58. The molecular weight excluding hydrogens is 256 g/mol. The lowest BCUT2D eigenvalue weighted by Gasteiger charge is -2.19. The zero-order valence-corrected chi connectivity index (χ0v) is 11.8. The summed E-state index contributed by atoms with van der Waals surface area (Å²) >= 11 is 6.10. The quantitative estimate of drug-likeness (QED) is 0.778. The Kier molecular flexibility index (Phi) is 3.88. The molecule has 100 valence electrons. The van der Waals surface area contributed by atoms with Gasteiger partial charge in [-0.15, -0.1) is 0 Å². The maximum atomic E-state index is 6.10.